The quantitative estimate of drug-likeness (QED) is 0.940. The van der Waals surface area contributed by atoms with Crippen LogP contribution in [0.15, 0.2) is 35.7 Å². The van der Waals surface area contributed by atoms with Crippen LogP contribution in [-0.2, 0) is 0 Å². The molecule has 1 fully saturated rings. The van der Waals surface area contributed by atoms with Crippen molar-refractivity contribution in [1.29, 1.82) is 0 Å². The van der Waals surface area contributed by atoms with Gasteiger partial charge in [0, 0.05) is 31.1 Å². The Balaban J connectivity index is 1.98. The first kappa shape index (κ1) is 14.5. The number of thiophene rings is 1. The largest absolute Gasteiger partial charge is 0.494 e. The molecule has 0 unspecified atom stereocenters. The summed E-state index contributed by atoms with van der Waals surface area (Å²) in [6, 6.07) is 9.56. The molecule has 0 aliphatic carbocycles. The van der Waals surface area contributed by atoms with Gasteiger partial charge in [-0.3, -0.25) is 4.90 Å². The lowest BCUT2D eigenvalue weighted by Gasteiger charge is -2.34. The molecule has 21 heavy (non-hydrogen) atoms. The fourth-order valence-electron chi connectivity index (χ4n) is 2.79. The van der Waals surface area contributed by atoms with E-state index in [0.717, 1.165) is 31.7 Å². The Bertz CT molecular complexity index is 582. The second-order valence-electron chi connectivity index (χ2n) is 5.10. The van der Waals surface area contributed by atoms with Crippen molar-refractivity contribution in [3.05, 3.63) is 52.0 Å². The van der Waals surface area contributed by atoms with Crippen molar-refractivity contribution in [2.75, 3.05) is 33.3 Å². The van der Waals surface area contributed by atoms with Crippen LogP contribution >= 0.6 is 11.3 Å². The number of methoxy groups -OCH3 is 1. The number of nitrogens with zero attached hydrogens (tertiary/aromatic N) is 1. The summed E-state index contributed by atoms with van der Waals surface area (Å²) in [5, 5.41) is 5.46. The van der Waals surface area contributed by atoms with E-state index in [1.54, 1.807) is 11.3 Å². The molecule has 0 radical (unpaired) electrons. The minimum Gasteiger partial charge on any atom is -0.494 e. The molecule has 112 valence electrons. The van der Waals surface area contributed by atoms with Gasteiger partial charge in [0.2, 0.25) is 0 Å². The Morgan fingerprint density at radius 1 is 1.29 bits per heavy atom. The monoisotopic (exact) mass is 306 g/mol. The second-order valence-corrected chi connectivity index (χ2v) is 6.08. The zero-order chi connectivity index (χ0) is 14.7. The van der Waals surface area contributed by atoms with Gasteiger partial charge in [0.25, 0.3) is 0 Å². The average molecular weight is 306 g/mol. The Kier molecular flexibility index (Phi) is 4.53. The Morgan fingerprint density at radius 3 is 2.76 bits per heavy atom. The summed E-state index contributed by atoms with van der Waals surface area (Å²) in [5.74, 6) is -0.00400. The van der Waals surface area contributed by atoms with E-state index in [1.807, 2.05) is 12.1 Å². The van der Waals surface area contributed by atoms with E-state index < -0.39 is 0 Å². The van der Waals surface area contributed by atoms with Gasteiger partial charge in [0.05, 0.1) is 13.2 Å². The van der Waals surface area contributed by atoms with Crippen molar-refractivity contribution in [2.45, 2.75) is 6.04 Å². The maximum atomic E-state index is 13.7. The van der Waals surface area contributed by atoms with Crippen LogP contribution in [0.25, 0.3) is 0 Å². The zero-order valence-corrected chi connectivity index (χ0v) is 12.8. The SMILES string of the molecule is COc1cc([C@H](c2cccs2)N2CCNCC2)ccc1F. The highest BCUT2D eigenvalue weighted by molar-refractivity contribution is 7.10. The lowest BCUT2D eigenvalue weighted by molar-refractivity contribution is 0.200. The number of nitrogens with one attached hydrogen (secondary N) is 1. The lowest BCUT2D eigenvalue weighted by atomic mass is 10.0. The maximum absolute atomic E-state index is 13.7. The standard InChI is InChI=1S/C16H19FN2OS/c1-20-14-11-12(4-5-13(14)17)16(15-3-2-10-21-15)19-8-6-18-7-9-19/h2-5,10-11,16,18H,6-9H2,1H3/t16-/m1/s1. The van der Waals surface area contributed by atoms with Crippen molar-refractivity contribution in [1.82, 2.24) is 10.2 Å². The number of halogens is 1. The molecule has 1 aromatic carbocycles. The molecule has 2 aromatic rings. The molecule has 1 atom stereocenters. The molecule has 3 nitrogen and oxygen atoms in total. The van der Waals surface area contributed by atoms with Crippen molar-refractivity contribution >= 4 is 11.3 Å². The molecule has 1 aliphatic heterocycles. The number of benzene rings is 1. The third-order valence-corrected chi connectivity index (χ3v) is 4.75. The molecule has 0 spiro atoms. The van der Waals surface area contributed by atoms with Gasteiger partial charge in [0.1, 0.15) is 0 Å². The van der Waals surface area contributed by atoms with Gasteiger partial charge >= 0.3 is 0 Å². The normalized spacial score (nSPS) is 17.6. The predicted molar refractivity (Wildman–Crippen MR) is 83.6 cm³/mol. The first-order chi connectivity index (χ1) is 10.3. The highest BCUT2D eigenvalue weighted by atomic mass is 32.1. The van der Waals surface area contributed by atoms with Gasteiger partial charge < -0.3 is 10.1 Å². The Hall–Kier alpha value is -1.43. The highest BCUT2D eigenvalue weighted by Crippen LogP contribution is 2.34. The zero-order valence-electron chi connectivity index (χ0n) is 12.0. The van der Waals surface area contributed by atoms with E-state index in [4.69, 9.17) is 4.74 Å². The van der Waals surface area contributed by atoms with E-state index >= 15 is 0 Å². The van der Waals surface area contributed by atoms with Crippen LogP contribution in [0.3, 0.4) is 0 Å². The minimum absolute atomic E-state index is 0.168. The summed E-state index contributed by atoms with van der Waals surface area (Å²) in [5.41, 5.74) is 1.08. The molecule has 1 aromatic heterocycles. The van der Waals surface area contributed by atoms with Crippen LogP contribution < -0.4 is 10.1 Å². The molecule has 0 bridgehead atoms. The van der Waals surface area contributed by atoms with Gasteiger partial charge in [-0.15, -0.1) is 11.3 Å². The molecule has 1 saturated heterocycles. The van der Waals surface area contributed by atoms with Crippen LogP contribution in [0, 0.1) is 5.82 Å². The molecule has 1 aliphatic rings. The predicted octanol–water partition coefficient (Wildman–Crippen LogP) is 2.89. The highest BCUT2D eigenvalue weighted by Gasteiger charge is 2.25. The first-order valence-electron chi connectivity index (χ1n) is 7.11. The van der Waals surface area contributed by atoms with E-state index in [1.165, 1.54) is 18.1 Å². The molecular formula is C16H19FN2OS. The van der Waals surface area contributed by atoms with Gasteiger partial charge in [-0.05, 0) is 29.1 Å². The Morgan fingerprint density at radius 2 is 2.10 bits per heavy atom. The molecule has 5 heteroatoms. The van der Waals surface area contributed by atoms with E-state index in [2.05, 4.69) is 27.7 Å². The van der Waals surface area contributed by atoms with Crippen LogP contribution in [0.2, 0.25) is 0 Å². The van der Waals surface area contributed by atoms with Crippen LogP contribution in [-0.4, -0.2) is 38.2 Å². The summed E-state index contributed by atoms with van der Waals surface area (Å²) in [6.07, 6.45) is 0. The van der Waals surface area contributed by atoms with Gasteiger partial charge in [-0.25, -0.2) is 4.39 Å². The third kappa shape index (κ3) is 3.10. The van der Waals surface area contributed by atoms with Gasteiger partial charge in [0.15, 0.2) is 11.6 Å². The lowest BCUT2D eigenvalue weighted by Crippen LogP contribution is -2.45. The van der Waals surface area contributed by atoms with Crippen molar-refractivity contribution in [3.8, 4) is 5.75 Å². The number of hydrogen-bond donors (Lipinski definition) is 1. The summed E-state index contributed by atoms with van der Waals surface area (Å²) in [7, 11) is 1.51. The fraction of sp³-hybridized carbons (Fsp3) is 0.375. The molecule has 1 N–H and O–H groups in total. The van der Waals surface area contributed by atoms with Crippen molar-refractivity contribution in [3.63, 3.8) is 0 Å². The van der Waals surface area contributed by atoms with Crippen molar-refractivity contribution < 1.29 is 9.13 Å². The summed E-state index contributed by atoms with van der Waals surface area (Å²) >= 11 is 1.74. The first-order valence-corrected chi connectivity index (χ1v) is 7.99. The topological polar surface area (TPSA) is 24.5 Å². The van der Waals surface area contributed by atoms with Crippen molar-refractivity contribution in [2.24, 2.45) is 0 Å². The summed E-state index contributed by atoms with van der Waals surface area (Å²) < 4.78 is 18.8. The number of hydrogen-bond acceptors (Lipinski definition) is 4. The molecule has 3 rings (SSSR count). The Labute approximate surface area is 128 Å². The van der Waals surface area contributed by atoms with E-state index in [9.17, 15) is 4.39 Å². The number of rotatable bonds is 4. The van der Waals surface area contributed by atoms with Gasteiger partial charge in [-0.2, -0.15) is 0 Å². The average Bonchev–Trinajstić information content (AvgIpc) is 3.04. The van der Waals surface area contributed by atoms with Crippen LogP contribution in [0.4, 0.5) is 4.39 Å². The number of ether oxygens (including phenoxy) is 1. The number of piperazine rings is 1. The van der Waals surface area contributed by atoms with Crippen LogP contribution in [0.1, 0.15) is 16.5 Å². The van der Waals surface area contributed by atoms with Gasteiger partial charge in [-0.1, -0.05) is 12.1 Å². The van der Waals surface area contributed by atoms with Crippen LogP contribution in [0.5, 0.6) is 5.75 Å². The third-order valence-electron chi connectivity index (χ3n) is 3.82. The second kappa shape index (κ2) is 6.56. The van der Waals surface area contributed by atoms with E-state index in [0.29, 0.717) is 5.75 Å². The summed E-state index contributed by atoms with van der Waals surface area (Å²) in [6.45, 7) is 3.95. The van der Waals surface area contributed by atoms with E-state index in [-0.39, 0.29) is 11.9 Å². The molecule has 0 amide bonds. The fourth-order valence-corrected chi connectivity index (χ4v) is 3.67. The minimum atomic E-state index is -0.313. The summed E-state index contributed by atoms with van der Waals surface area (Å²) in [4.78, 5) is 3.72. The molecule has 0 saturated carbocycles. The molecule has 2 heterocycles. The molecular weight excluding hydrogens is 287 g/mol. The maximum Gasteiger partial charge on any atom is 0.165 e. The smallest absolute Gasteiger partial charge is 0.165 e.